The number of hydrogen-bond acceptors (Lipinski definition) is 10. The average Bonchev–Trinajstić information content (AvgIpc) is 3.64. The molecule has 1 amide bonds. The van der Waals surface area contributed by atoms with Crippen LogP contribution < -0.4 is 19.7 Å². The summed E-state index contributed by atoms with van der Waals surface area (Å²) in [4.78, 5) is 36.0. The minimum Gasteiger partial charge on any atom is -0.490 e. The van der Waals surface area contributed by atoms with Gasteiger partial charge in [0.25, 0.3) is 5.91 Å². The molecule has 12 heteroatoms. The number of likely N-dealkylation sites (tertiary alicyclic amines) is 1. The Hall–Kier alpha value is -3.87. The van der Waals surface area contributed by atoms with E-state index in [1.807, 2.05) is 33.0 Å². The molecule has 274 valence electrons. The van der Waals surface area contributed by atoms with Crippen LogP contribution in [0.4, 0.5) is 10.2 Å². The second-order valence-corrected chi connectivity index (χ2v) is 15.3. The quantitative estimate of drug-likeness (QED) is 0.278. The first-order valence-electron chi connectivity index (χ1n) is 18.8. The summed E-state index contributed by atoms with van der Waals surface area (Å²) >= 11 is 0. The summed E-state index contributed by atoms with van der Waals surface area (Å²) in [6.07, 6.45) is 8.82. The second kappa shape index (κ2) is 15.4. The van der Waals surface area contributed by atoms with E-state index in [0.717, 1.165) is 75.9 Å². The molecule has 0 saturated carbocycles. The Kier molecular flexibility index (Phi) is 10.7. The van der Waals surface area contributed by atoms with Crippen LogP contribution in [-0.2, 0) is 13.0 Å². The highest BCUT2D eigenvalue weighted by atomic mass is 19.1. The number of rotatable bonds is 12. The molecule has 3 aromatic rings. The molecule has 4 aliphatic rings. The first-order chi connectivity index (χ1) is 24.7. The molecule has 0 unspecified atom stereocenters. The molecule has 0 spiro atoms. The van der Waals surface area contributed by atoms with Gasteiger partial charge in [-0.2, -0.15) is 0 Å². The molecule has 0 bridgehead atoms. The molecule has 2 aromatic heterocycles. The first kappa shape index (κ1) is 35.5. The van der Waals surface area contributed by atoms with Crippen LogP contribution in [0.3, 0.4) is 0 Å². The largest absolute Gasteiger partial charge is 0.490 e. The van der Waals surface area contributed by atoms with E-state index < -0.39 is 5.82 Å². The smallest absolute Gasteiger partial charge is 0.257 e. The van der Waals surface area contributed by atoms with Gasteiger partial charge in [-0.3, -0.25) is 14.7 Å². The van der Waals surface area contributed by atoms with Gasteiger partial charge in [0.1, 0.15) is 29.7 Å². The standard InChI is InChI=1S/C39H53FN8O3/c1-5-48(27(2)3)38(49)31-19-29(40)7-8-34(31)51-36-21-42-26-44-37(36)47-17-10-30(11-18-47)50-35-9-13-43-33-12-16-45(23-32(33)35)14-6-15-46-22-28-20-41-24-39(28,4)25-46/h7-9,13,19,21,26-28,30,41H,5-6,10-12,14-18,20,22-25H2,1-4H3/t28-,39+/m0/s1. The van der Waals surface area contributed by atoms with E-state index in [0.29, 0.717) is 23.5 Å². The number of carbonyl (C=O) groups is 1. The Morgan fingerprint density at radius 3 is 2.71 bits per heavy atom. The molecule has 3 saturated heterocycles. The molecule has 1 N–H and O–H groups in total. The number of pyridine rings is 1. The maximum atomic E-state index is 14.4. The van der Waals surface area contributed by atoms with Crippen molar-refractivity contribution in [1.82, 2.24) is 35.0 Å². The van der Waals surface area contributed by atoms with Gasteiger partial charge >= 0.3 is 0 Å². The Morgan fingerprint density at radius 1 is 1.10 bits per heavy atom. The Balaban J connectivity index is 0.953. The number of aromatic nitrogens is 3. The van der Waals surface area contributed by atoms with Gasteiger partial charge < -0.3 is 29.5 Å². The summed E-state index contributed by atoms with van der Waals surface area (Å²) in [6.45, 7) is 19.1. The zero-order valence-electron chi connectivity index (χ0n) is 30.6. The molecule has 2 atom stereocenters. The number of ether oxygens (including phenoxy) is 2. The van der Waals surface area contributed by atoms with E-state index >= 15 is 0 Å². The lowest BCUT2D eigenvalue weighted by atomic mass is 9.83. The number of piperidine rings is 1. The van der Waals surface area contributed by atoms with Crippen molar-refractivity contribution in [1.29, 1.82) is 0 Å². The monoisotopic (exact) mass is 700 g/mol. The molecule has 7 rings (SSSR count). The van der Waals surface area contributed by atoms with Crippen LogP contribution in [0, 0.1) is 17.2 Å². The molecule has 0 aliphatic carbocycles. The first-order valence-corrected chi connectivity index (χ1v) is 18.8. The molecule has 1 aromatic carbocycles. The predicted molar refractivity (Wildman–Crippen MR) is 195 cm³/mol. The summed E-state index contributed by atoms with van der Waals surface area (Å²) in [5, 5.41) is 3.58. The zero-order valence-corrected chi connectivity index (χ0v) is 30.6. The fourth-order valence-electron chi connectivity index (χ4n) is 8.50. The van der Waals surface area contributed by atoms with Gasteiger partial charge in [0, 0.05) is 95.1 Å². The van der Waals surface area contributed by atoms with Crippen LogP contribution in [0.15, 0.2) is 43.0 Å². The zero-order chi connectivity index (χ0) is 35.5. The second-order valence-electron chi connectivity index (χ2n) is 15.3. The molecule has 6 heterocycles. The highest BCUT2D eigenvalue weighted by molar-refractivity contribution is 5.97. The van der Waals surface area contributed by atoms with Crippen molar-refractivity contribution < 1.29 is 18.7 Å². The summed E-state index contributed by atoms with van der Waals surface area (Å²) in [5.41, 5.74) is 3.01. The number of fused-ring (bicyclic) bond motifs is 2. The van der Waals surface area contributed by atoms with Crippen molar-refractivity contribution in [3.63, 3.8) is 0 Å². The van der Waals surface area contributed by atoms with Crippen molar-refractivity contribution in [3.05, 3.63) is 65.6 Å². The van der Waals surface area contributed by atoms with E-state index in [1.54, 1.807) is 11.1 Å². The molecule has 0 radical (unpaired) electrons. The number of benzene rings is 1. The van der Waals surface area contributed by atoms with E-state index in [4.69, 9.17) is 14.5 Å². The molecular weight excluding hydrogens is 647 g/mol. The summed E-state index contributed by atoms with van der Waals surface area (Å²) in [6, 6.07) is 6.03. The number of nitrogens with one attached hydrogen (secondary N) is 1. The van der Waals surface area contributed by atoms with Gasteiger partial charge in [-0.05, 0) is 82.4 Å². The third-order valence-electron chi connectivity index (χ3n) is 11.4. The Labute approximate surface area is 301 Å². The van der Waals surface area contributed by atoms with E-state index in [9.17, 15) is 9.18 Å². The maximum absolute atomic E-state index is 14.4. The molecule has 51 heavy (non-hydrogen) atoms. The van der Waals surface area contributed by atoms with Crippen LogP contribution in [-0.4, -0.2) is 113 Å². The van der Waals surface area contributed by atoms with Crippen LogP contribution >= 0.6 is 0 Å². The van der Waals surface area contributed by atoms with Gasteiger partial charge in [0.2, 0.25) is 0 Å². The van der Waals surface area contributed by atoms with Crippen molar-refractivity contribution >= 4 is 11.7 Å². The SMILES string of the molecule is CCN(C(=O)c1cc(F)ccc1Oc1cncnc1N1CCC(Oc2ccnc3c2CN(CCCN2C[C@@H]4CNC[C@]4(C)C2)CC3)CC1)C(C)C. The highest BCUT2D eigenvalue weighted by Gasteiger charge is 2.45. The third kappa shape index (κ3) is 7.83. The summed E-state index contributed by atoms with van der Waals surface area (Å²) < 4.78 is 27.4. The van der Waals surface area contributed by atoms with Crippen molar-refractivity contribution in [2.45, 2.75) is 72.1 Å². The Bertz CT molecular complexity index is 1680. The van der Waals surface area contributed by atoms with Gasteiger partial charge in [-0.25, -0.2) is 14.4 Å². The molecular formula is C39H53FN8O3. The van der Waals surface area contributed by atoms with Crippen LogP contribution in [0.25, 0.3) is 0 Å². The number of amides is 1. The fourth-order valence-corrected chi connectivity index (χ4v) is 8.50. The number of hydrogen-bond donors (Lipinski definition) is 1. The third-order valence-corrected chi connectivity index (χ3v) is 11.4. The highest BCUT2D eigenvalue weighted by Crippen LogP contribution is 2.39. The lowest BCUT2D eigenvalue weighted by molar-refractivity contribution is 0.0713. The van der Waals surface area contributed by atoms with Crippen LogP contribution in [0.1, 0.15) is 68.6 Å². The lowest BCUT2D eigenvalue weighted by Gasteiger charge is -2.35. The number of nitrogens with zero attached hydrogens (tertiary/aromatic N) is 7. The van der Waals surface area contributed by atoms with Crippen LogP contribution in [0.5, 0.6) is 17.2 Å². The van der Waals surface area contributed by atoms with E-state index in [2.05, 4.69) is 36.9 Å². The van der Waals surface area contributed by atoms with E-state index in [-0.39, 0.29) is 29.4 Å². The molecule has 11 nitrogen and oxygen atoms in total. The minimum absolute atomic E-state index is 0.0408. The maximum Gasteiger partial charge on any atom is 0.257 e. The fraction of sp³-hybridized carbons (Fsp3) is 0.590. The van der Waals surface area contributed by atoms with E-state index in [1.165, 1.54) is 62.7 Å². The lowest BCUT2D eigenvalue weighted by Crippen LogP contribution is -2.39. The van der Waals surface area contributed by atoms with Gasteiger partial charge in [-0.15, -0.1) is 0 Å². The number of carbonyl (C=O) groups excluding carboxylic acids is 1. The number of halogens is 1. The van der Waals surface area contributed by atoms with Crippen molar-refractivity contribution in [2.24, 2.45) is 11.3 Å². The Morgan fingerprint density at radius 2 is 1.92 bits per heavy atom. The average molecular weight is 701 g/mol. The molecule has 4 aliphatic heterocycles. The normalized spacial score (nSPS) is 22.6. The van der Waals surface area contributed by atoms with Gasteiger partial charge in [0.15, 0.2) is 11.6 Å². The van der Waals surface area contributed by atoms with Gasteiger partial charge in [0.05, 0.1) is 11.8 Å². The van der Waals surface area contributed by atoms with Crippen molar-refractivity contribution in [2.75, 3.05) is 70.3 Å². The van der Waals surface area contributed by atoms with Crippen LogP contribution in [0.2, 0.25) is 0 Å². The predicted octanol–water partition coefficient (Wildman–Crippen LogP) is 5.01. The number of anilines is 1. The minimum atomic E-state index is -0.493. The molecule has 3 fully saturated rings. The topological polar surface area (TPSA) is 99.2 Å². The van der Waals surface area contributed by atoms with Gasteiger partial charge in [-0.1, -0.05) is 6.92 Å². The summed E-state index contributed by atoms with van der Waals surface area (Å²) in [7, 11) is 0. The van der Waals surface area contributed by atoms with Crippen molar-refractivity contribution in [3.8, 4) is 17.2 Å². The summed E-state index contributed by atoms with van der Waals surface area (Å²) in [5.74, 6) is 2.31.